The predicted octanol–water partition coefficient (Wildman–Crippen LogP) is 3.06. The van der Waals surface area contributed by atoms with E-state index in [2.05, 4.69) is 61.3 Å². The van der Waals surface area contributed by atoms with Crippen molar-refractivity contribution in [1.82, 2.24) is 5.32 Å². The third-order valence-corrected chi connectivity index (χ3v) is 4.79. The molecule has 0 radical (unpaired) electrons. The normalized spacial score (nSPS) is 30.7. The molecule has 1 aliphatic rings. The molecule has 0 spiro atoms. The van der Waals surface area contributed by atoms with Crippen LogP contribution in [-0.2, 0) is 6.42 Å². The number of thioether (sulfide) groups is 1. The van der Waals surface area contributed by atoms with Gasteiger partial charge in [0.25, 0.3) is 0 Å². The molecular weight excluding hydrogens is 202 g/mol. The Morgan fingerprint density at radius 2 is 2.13 bits per heavy atom. The first-order valence-electron chi connectivity index (χ1n) is 5.70. The summed E-state index contributed by atoms with van der Waals surface area (Å²) >= 11 is 2.08. The molecule has 2 atom stereocenters. The fraction of sp³-hybridized carbons (Fsp3) is 0.538. The van der Waals surface area contributed by atoms with E-state index in [0.29, 0.717) is 6.04 Å². The van der Waals surface area contributed by atoms with Crippen LogP contribution in [0.15, 0.2) is 30.3 Å². The maximum atomic E-state index is 3.73. The van der Waals surface area contributed by atoms with Crippen LogP contribution in [-0.4, -0.2) is 16.7 Å². The number of rotatable bonds is 3. The van der Waals surface area contributed by atoms with Crippen molar-refractivity contribution < 1.29 is 0 Å². The largest absolute Gasteiger partial charge is 0.299 e. The molecule has 1 aromatic rings. The van der Waals surface area contributed by atoms with Crippen LogP contribution >= 0.6 is 11.8 Å². The average molecular weight is 221 g/mol. The average Bonchev–Trinajstić information content (AvgIpc) is 2.62. The van der Waals surface area contributed by atoms with Gasteiger partial charge in [0, 0.05) is 11.8 Å². The fourth-order valence-corrected chi connectivity index (χ4v) is 3.58. The Hall–Kier alpha value is -0.470. The van der Waals surface area contributed by atoms with Crippen molar-refractivity contribution in [1.29, 1.82) is 0 Å². The maximum Gasteiger partial charge on any atom is 0.0686 e. The van der Waals surface area contributed by atoms with Gasteiger partial charge in [-0.15, -0.1) is 11.8 Å². The molecule has 0 saturated carbocycles. The Morgan fingerprint density at radius 3 is 2.67 bits per heavy atom. The van der Waals surface area contributed by atoms with E-state index in [9.17, 15) is 0 Å². The summed E-state index contributed by atoms with van der Waals surface area (Å²) in [6.07, 6.45) is 2.33. The molecular formula is C13H19NS. The van der Waals surface area contributed by atoms with Crippen LogP contribution in [0.1, 0.15) is 25.8 Å². The van der Waals surface area contributed by atoms with E-state index in [-0.39, 0.29) is 4.87 Å². The molecule has 1 fully saturated rings. The molecule has 0 aromatic heterocycles. The van der Waals surface area contributed by atoms with Crippen LogP contribution in [0.4, 0.5) is 0 Å². The van der Waals surface area contributed by atoms with Gasteiger partial charge in [0.1, 0.15) is 0 Å². The van der Waals surface area contributed by atoms with E-state index in [0.717, 1.165) is 6.42 Å². The van der Waals surface area contributed by atoms with Gasteiger partial charge in [-0.25, -0.2) is 0 Å². The molecule has 1 saturated heterocycles. The summed E-state index contributed by atoms with van der Waals surface area (Å²) in [5.74, 6) is 1.24. The molecule has 2 unspecified atom stereocenters. The summed E-state index contributed by atoms with van der Waals surface area (Å²) in [6.45, 7) is 4.55. The minimum Gasteiger partial charge on any atom is -0.299 e. The topological polar surface area (TPSA) is 12.0 Å². The Kier molecular flexibility index (Phi) is 3.37. The zero-order valence-electron chi connectivity index (χ0n) is 9.49. The summed E-state index contributed by atoms with van der Waals surface area (Å²) < 4.78 is 0. The first-order chi connectivity index (χ1) is 7.24. The van der Waals surface area contributed by atoms with Crippen LogP contribution < -0.4 is 5.32 Å². The van der Waals surface area contributed by atoms with Gasteiger partial charge in [0.15, 0.2) is 0 Å². The molecule has 0 aliphatic carbocycles. The summed E-state index contributed by atoms with van der Waals surface area (Å²) in [7, 11) is 0. The van der Waals surface area contributed by atoms with Crippen LogP contribution in [0.25, 0.3) is 0 Å². The molecule has 2 heteroatoms. The highest BCUT2D eigenvalue weighted by Crippen LogP contribution is 2.36. The van der Waals surface area contributed by atoms with Gasteiger partial charge in [-0.2, -0.15) is 0 Å². The summed E-state index contributed by atoms with van der Waals surface area (Å²) in [6, 6.07) is 11.4. The van der Waals surface area contributed by atoms with Gasteiger partial charge in [0.05, 0.1) is 4.87 Å². The van der Waals surface area contributed by atoms with Gasteiger partial charge in [-0.3, -0.25) is 5.32 Å². The molecule has 0 amide bonds. The number of benzene rings is 1. The van der Waals surface area contributed by atoms with E-state index in [1.807, 2.05) is 0 Å². The van der Waals surface area contributed by atoms with Gasteiger partial charge in [0.2, 0.25) is 0 Å². The van der Waals surface area contributed by atoms with Crippen molar-refractivity contribution in [3.63, 3.8) is 0 Å². The first kappa shape index (κ1) is 11.0. The molecule has 82 valence electrons. The first-order valence-corrected chi connectivity index (χ1v) is 6.68. The second kappa shape index (κ2) is 4.58. The third kappa shape index (κ3) is 2.56. The Bertz CT molecular complexity index is 312. The second-order valence-electron chi connectivity index (χ2n) is 4.37. The minimum absolute atomic E-state index is 0.279. The Balaban J connectivity index is 2.09. The zero-order chi connectivity index (χ0) is 10.7. The smallest absolute Gasteiger partial charge is 0.0686 e. The van der Waals surface area contributed by atoms with Crippen molar-refractivity contribution in [2.45, 2.75) is 37.6 Å². The molecule has 1 N–H and O–H groups in total. The van der Waals surface area contributed by atoms with Crippen LogP contribution in [0.2, 0.25) is 0 Å². The molecule has 2 rings (SSSR count). The zero-order valence-corrected chi connectivity index (χ0v) is 10.3. The Morgan fingerprint density at radius 1 is 1.40 bits per heavy atom. The van der Waals surface area contributed by atoms with Crippen LogP contribution in [0.3, 0.4) is 0 Å². The number of nitrogens with one attached hydrogen (secondary N) is 1. The van der Waals surface area contributed by atoms with Crippen molar-refractivity contribution in [2.24, 2.45) is 0 Å². The summed E-state index contributed by atoms with van der Waals surface area (Å²) in [5.41, 5.74) is 1.44. The monoisotopic (exact) mass is 221 g/mol. The quantitative estimate of drug-likeness (QED) is 0.842. The van der Waals surface area contributed by atoms with E-state index in [4.69, 9.17) is 0 Å². The van der Waals surface area contributed by atoms with Crippen molar-refractivity contribution in [3.05, 3.63) is 35.9 Å². The van der Waals surface area contributed by atoms with E-state index in [1.165, 1.54) is 17.7 Å². The van der Waals surface area contributed by atoms with Crippen LogP contribution in [0.5, 0.6) is 0 Å². The number of hydrogen-bond donors (Lipinski definition) is 1. The lowest BCUT2D eigenvalue weighted by atomic mass is 10.0. The molecule has 1 aromatic carbocycles. The SMILES string of the molecule is CCC1(Cc2ccccc2)NC(C)CS1. The van der Waals surface area contributed by atoms with E-state index in [1.54, 1.807) is 0 Å². The minimum atomic E-state index is 0.279. The van der Waals surface area contributed by atoms with E-state index < -0.39 is 0 Å². The lowest BCUT2D eigenvalue weighted by molar-refractivity contribution is 0.437. The summed E-state index contributed by atoms with van der Waals surface area (Å²) in [4.78, 5) is 0.279. The van der Waals surface area contributed by atoms with Gasteiger partial charge in [-0.1, -0.05) is 37.3 Å². The third-order valence-electron chi connectivity index (χ3n) is 3.02. The van der Waals surface area contributed by atoms with Crippen molar-refractivity contribution in [2.75, 3.05) is 5.75 Å². The molecule has 15 heavy (non-hydrogen) atoms. The lowest BCUT2D eigenvalue weighted by Gasteiger charge is -2.28. The molecule has 1 nitrogen and oxygen atoms in total. The fourth-order valence-electron chi connectivity index (χ4n) is 2.17. The Labute approximate surface area is 96.7 Å². The molecule has 0 bridgehead atoms. The van der Waals surface area contributed by atoms with Crippen molar-refractivity contribution in [3.8, 4) is 0 Å². The highest BCUT2D eigenvalue weighted by Gasteiger charge is 2.35. The van der Waals surface area contributed by atoms with Crippen LogP contribution in [0, 0.1) is 0 Å². The molecule has 1 heterocycles. The van der Waals surface area contributed by atoms with Gasteiger partial charge in [-0.05, 0) is 25.3 Å². The maximum absolute atomic E-state index is 3.73. The molecule has 1 aliphatic heterocycles. The highest BCUT2D eigenvalue weighted by atomic mass is 32.2. The van der Waals surface area contributed by atoms with E-state index >= 15 is 0 Å². The second-order valence-corrected chi connectivity index (χ2v) is 5.77. The number of hydrogen-bond acceptors (Lipinski definition) is 2. The van der Waals surface area contributed by atoms with Gasteiger partial charge >= 0.3 is 0 Å². The van der Waals surface area contributed by atoms with Crippen molar-refractivity contribution >= 4 is 11.8 Å². The standard InChI is InChI=1S/C13H19NS/c1-3-13(14-11(2)10-15-13)9-12-7-5-4-6-8-12/h4-8,11,14H,3,9-10H2,1-2H3. The van der Waals surface area contributed by atoms with Gasteiger partial charge < -0.3 is 0 Å². The predicted molar refractivity (Wildman–Crippen MR) is 68.2 cm³/mol. The lowest BCUT2D eigenvalue weighted by Crippen LogP contribution is -2.41. The highest BCUT2D eigenvalue weighted by molar-refractivity contribution is 8.00. The summed E-state index contributed by atoms with van der Waals surface area (Å²) in [5, 5.41) is 3.73.